The average Bonchev–Trinajstić information content (AvgIpc) is 3.28. The van der Waals surface area contributed by atoms with E-state index >= 15 is 0 Å². The first-order valence-electron chi connectivity index (χ1n) is 8.20. The molecule has 1 heterocycles. The van der Waals surface area contributed by atoms with Gasteiger partial charge in [0.2, 0.25) is 0 Å². The van der Waals surface area contributed by atoms with Gasteiger partial charge in [0.25, 0.3) is 5.91 Å². The van der Waals surface area contributed by atoms with Crippen LogP contribution in [0.4, 0.5) is 0 Å². The number of benzene rings is 2. The minimum Gasteiger partial charge on any atom is -0.376 e. The van der Waals surface area contributed by atoms with Gasteiger partial charge < -0.3 is 9.64 Å². The number of fused-ring (bicyclic) bond motifs is 1. The van der Waals surface area contributed by atoms with Crippen LogP contribution in [0.3, 0.4) is 0 Å². The number of nitrogens with zero attached hydrogens (tertiary/aromatic N) is 1. The first-order valence-corrected chi connectivity index (χ1v) is 8.20. The number of ether oxygens (including phenoxy) is 1. The Balaban J connectivity index is 1.49. The summed E-state index contributed by atoms with van der Waals surface area (Å²) in [5, 5.41) is 2.16. The van der Waals surface area contributed by atoms with E-state index in [1.807, 2.05) is 35.2 Å². The minimum absolute atomic E-state index is 0.134. The number of carbonyl (C=O) groups excluding carboxylic acids is 1. The predicted molar refractivity (Wildman–Crippen MR) is 86.9 cm³/mol. The van der Waals surface area contributed by atoms with Crippen LogP contribution in [-0.2, 0) is 4.74 Å². The van der Waals surface area contributed by atoms with Crippen molar-refractivity contribution in [3.05, 3.63) is 48.0 Å². The van der Waals surface area contributed by atoms with Gasteiger partial charge in [0.15, 0.2) is 0 Å². The summed E-state index contributed by atoms with van der Waals surface area (Å²) >= 11 is 0. The third-order valence-electron chi connectivity index (χ3n) is 4.72. The smallest absolute Gasteiger partial charge is 0.254 e. The number of carbonyl (C=O) groups is 1. The van der Waals surface area contributed by atoms with Crippen molar-refractivity contribution in [3.8, 4) is 0 Å². The molecule has 0 aromatic heterocycles. The molecule has 114 valence electrons. The van der Waals surface area contributed by atoms with Gasteiger partial charge in [0.05, 0.1) is 6.10 Å². The molecule has 0 spiro atoms. The fraction of sp³-hybridized carbons (Fsp3) is 0.421. The normalized spacial score (nSPS) is 21.5. The van der Waals surface area contributed by atoms with Gasteiger partial charge >= 0.3 is 0 Å². The Morgan fingerprint density at radius 3 is 2.77 bits per heavy atom. The maximum Gasteiger partial charge on any atom is 0.254 e. The molecule has 0 bridgehead atoms. The monoisotopic (exact) mass is 295 g/mol. The van der Waals surface area contributed by atoms with Crippen LogP contribution < -0.4 is 0 Å². The molecule has 1 saturated heterocycles. The van der Waals surface area contributed by atoms with Gasteiger partial charge in [0.1, 0.15) is 0 Å². The van der Waals surface area contributed by atoms with Gasteiger partial charge in [0, 0.05) is 25.3 Å². The lowest BCUT2D eigenvalue weighted by Gasteiger charge is -2.18. The van der Waals surface area contributed by atoms with E-state index in [1.165, 1.54) is 12.8 Å². The molecule has 1 saturated carbocycles. The second-order valence-electron chi connectivity index (χ2n) is 6.47. The standard InChI is InChI=1S/C19H21NO2/c21-19(18-7-3-5-15-4-1-2-6-17(15)18)20-11-10-16(12-20)22-13-14-8-9-14/h1-7,14,16H,8-13H2/t16-/m1/s1. The molecule has 1 aliphatic carbocycles. The summed E-state index contributed by atoms with van der Waals surface area (Å²) in [7, 11) is 0. The van der Waals surface area contributed by atoms with E-state index < -0.39 is 0 Å². The highest BCUT2D eigenvalue weighted by Crippen LogP contribution is 2.30. The zero-order valence-electron chi connectivity index (χ0n) is 12.7. The van der Waals surface area contributed by atoms with Crippen molar-refractivity contribution in [2.75, 3.05) is 19.7 Å². The van der Waals surface area contributed by atoms with Gasteiger partial charge in [-0.05, 0) is 42.0 Å². The molecule has 3 nitrogen and oxygen atoms in total. The van der Waals surface area contributed by atoms with Gasteiger partial charge in [-0.15, -0.1) is 0 Å². The Kier molecular flexibility index (Phi) is 3.59. The lowest BCUT2D eigenvalue weighted by molar-refractivity contribution is 0.0481. The van der Waals surface area contributed by atoms with Crippen molar-refractivity contribution >= 4 is 16.7 Å². The fourth-order valence-electron chi connectivity index (χ4n) is 3.19. The molecule has 1 atom stereocenters. The number of amides is 1. The van der Waals surface area contributed by atoms with E-state index in [0.717, 1.165) is 48.4 Å². The highest BCUT2D eigenvalue weighted by Gasteiger charge is 2.30. The molecule has 1 aliphatic heterocycles. The van der Waals surface area contributed by atoms with Crippen molar-refractivity contribution in [2.45, 2.75) is 25.4 Å². The fourth-order valence-corrected chi connectivity index (χ4v) is 3.19. The minimum atomic E-state index is 0.134. The number of hydrogen-bond donors (Lipinski definition) is 0. The largest absolute Gasteiger partial charge is 0.376 e. The average molecular weight is 295 g/mol. The Bertz CT molecular complexity index is 687. The van der Waals surface area contributed by atoms with Crippen molar-refractivity contribution in [3.63, 3.8) is 0 Å². The molecule has 4 rings (SSSR count). The van der Waals surface area contributed by atoms with Gasteiger partial charge in [-0.3, -0.25) is 4.79 Å². The third-order valence-corrected chi connectivity index (χ3v) is 4.72. The van der Waals surface area contributed by atoms with Gasteiger partial charge in [-0.25, -0.2) is 0 Å². The summed E-state index contributed by atoms with van der Waals surface area (Å²) in [5.74, 6) is 0.914. The topological polar surface area (TPSA) is 29.5 Å². The molecule has 2 aliphatic rings. The summed E-state index contributed by atoms with van der Waals surface area (Å²) in [5.41, 5.74) is 0.806. The molecule has 0 N–H and O–H groups in total. The van der Waals surface area contributed by atoms with Crippen LogP contribution >= 0.6 is 0 Å². The summed E-state index contributed by atoms with van der Waals surface area (Å²) in [4.78, 5) is 14.8. The number of rotatable bonds is 4. The van der Waals surface area contributed by atoms with Crippen molar-refractivity contribution in [1.29, 1.82) is 0 Å². The van der Waals surface area contributed by atoms with E-state index in [2.05, 4.69) is 12.1 Å². The first-order chi connectivity index (χ1) is 10.8. The number of likely N-dealkylation sites (tertiary alicyclic amines) is 1. The van der Waals surface area contributed by atoms with Gasteiger partial charge in [-0.1, -0.05) is 36.4 Å². The molecule has 1 amide bonds. The lowest BCUT2D eigenvalue weighted by Crippen LogP contribution is -2.30. The van der Waals surface area contributed by atoms with Crippen molar-refractivity contribution in [1.82, 2.24) is 4.90 Å². The van der Waals surface area contributed by atoms with E-state index in [0.29, 0.717) is 0 Å². The molecule has 0 radical (unpaired) electrons. The van der Waals surface area contributed by atoms with Gasteiger partial charge in [-0.2, -0.15) is 0 Å². The molecule has 0 unspecified atom stereocenters. The van der Waals surface area contributed by atoms with Crippen LogP contribution in [0, 0.1) is 5.92 Å². The maximum absolute atomic E-state index is 12.8. The van der Waals surface area contributed by atoms with E-state index in [9.17, 15) is 4.79 Å². The molecule has 2 aromatic rings. The first kappa shape index (κ1) is 13.8. The second-order valence-corrected chi connectivity index (χ2v) is 6.47. The van der Waals surface area contributed by atoms with Crippen molar-refractivity contribution < 1.29 is 9.53 Å². The predicted octanol–water partition coefficient (Wildman–Crippen LogP) is 3.48. The zero-order valence-corrected chi connectivity index (χ0v) is 12.7. The molecule has 2 fully saturated rings. The van der Waals surface area contributed by atoms with E-state index in [4.69, 9.17) is 4.74 Å². The lowest BCUT2D eigenvalue weighted by atomic mass is 10.0. The highest BCUT2D eigenvalue weighted by atomic mass is 16.5. The summed E-state index contributed by atoms with van der Waals surface area (Å²) < 4.78 is 5.94. The SMILES string of the molecule is O=C(c1cccc2ccccc12)N1CC[C@@H](OCC2CC2)C1. The molecule has 3 heteroatoms. The molecular weight excluding hydrogens is 274 g/mol. The summed E-state index contributed by atoms with van der Waals surface area (Å²) in [6.07, 6.45) is 3.81. The quantitative estimate of drug-likeness (QED) is 0.864. The Labute approximate surface area is 130 Å². The number of hydrogen-bond acceptors (Lipinski definition) is 2. The second kappa shape index (κ2) is 5.73. The van der Waals surface area contributed by atoms with E-state index in [-0.39, 0.29) is 12.0 Å². The maximum atomic E-state index is 12.8. The Hall–Kier alpha value is -1.87. The van der Waals surface area contributed by atoms with Crippen LogP contribution in [0.25, 0.3) is 10.8 Å². The van der Waals surface area contributed by atoms with Crippen molar-refractivity contribution in [2.24, 2.45) is 5.92 Å². The van der Waals surface area contributed by atoms with Crippen LogP contribution in [0.1, 0.15) is 29.6 Å². The summed E-state index contributed by atoms with van der Waals surface area (Å²) in [6.45, 7) is 2.41. The zero-order chi connectivity index (χ0) is 14.9. The van der Waals surface area contributed by atoms with Crippen LogP contribution in [-0.4, -0.2) is 36.6 Å². The summed E-state index contributed by atoms with van der Waals surface area (Å²) in [6, 6.07) is 14.0. The third kappa shape index (κ3) is 2.73. The van der Waals surface area contributed by atoms with Crippen LogP contribution in [0.2, 0.25) is 0 Å². The van der Waals surface area contributed by atoms with Crippen LogP contribution in [0.5, 0.6) is 0 Å². The Morgan fingerprint density at radius 1 is 1.09 bits per heavy atom. The molecule has 22 heavy (non-hydrogen) atoms. The van der Waals surface area contributed by atoms with E-state index in [1.54, 1.807) is 0 Å². The highest BCUT2D eigenvalue weighted by molar-refractivity contribution is 6.07. The molecular formula is C19H21NO2. The molecule has 2 aromatic carbocycles. The Morgan fingerprint density at radius 2 is 1.91 bits per heavy atom. The van der Waals surface area contributed by atoms with Crippen LogP contribution in [0.15, 0.2) is 42.5 Å².